The highest BCUT2D eigenvalue weighted by molar-refractivity contribution is 5.98. The molecule has 0 aliphatic heterocycles. The average molecular weight is 237 g/mol. The Balaban J connectivity index is 2.93. The number of carbonyl (C=O) groups is 1. The maximum absolute atomic E-state index is 12.2. The summed E-state index contributed by atoms with van der Waals surface area (Å²) in [5.41, 5.74) is 5.91. The predicted molar refractivity (Wildman–Crippen MR) is 64.9 cm³/mol. The van der Waals surface area contributed by atoms with Crippen molar-refractivity contribution in [1.82, 2.24) is 9.97 Å². The van der Waals surface area contributed by atoms with Gasteiger partial charge in [-0.25, -0.2) is 9.97 Å². The van der Waals surface area contributed by atoms with E-state index in [9.17, 15) is 4.79 Å². The molecule has 1 atom stereocenters. The fourth-order valence-corrected chi connectivity index (χ4v) is 1.72. The molecule has 1 aromatic rings. The lowest BCUT2D eigenvalue weighted by molar-refractivity contribution is 0.0899. The van der Waals surface area contributed by atoms with Gasteiger partial charge in [-0.3, -0.25) is 4.79 Å². The van der Waals surface area contributed by atoms with Gasteiger partial charge >= 0.3 is 0 Å². The molecule has 0 saturated carbocycles. The fourth-order valence-electron chi connectivity index (χ4n) is 1.72. The molecule has 1 rings (SSSR count). The summed E-state index contributed by atoms with van der Waals surface area (Å²) in [5, 5.41) is 0. The van der Waals surface area contributed by atoms with Crippen molar-refractivity contribution >= 4 is 5.78 Å². The minimum atomic E-state index is -0.222. The SMILES string of the molecule is COc1nccnc1C(=O)C(CN)CC(C)C. The van der Waals surface area contributed by atoms with Gasteiger partial charge in [0.25, 0.3) is 0 Å². The molecular formula is C12H19N3O2. The van der Waals surface area contributed by atoms with Crippen molar-refractivity contribution in [3.8, 4) is 5.88 Å². The molecule has 5 heteroatoms. The number of rotatable bonds is 6. The summed E-state index contributed by atoms with van der Waals surface area (Å²) in [6, 6.07) is 0. The number of nitrogens with zero attached hydrogens (tertiary/aromatic N) is 2. The predicted octanol–water partition coefficient (Wildman–Crippen LogP) is 1.29. The van der Waals surface area contributed by atoms with E-state index in [2.05, 4.69) is 23.8 Å². The van der Waals surface area contributed by atoms with Gasteiger partial charge in [-0.15, -0.1) is 0 Å². The number of carbonyl (C=O) groups excluding carboxylic acids is 1. The topological polar surface area (TPSA) is 78.1 Å². The molecule has 0 radical (unpaired) electrons. The van der Waals surface area contributed by atoms with Gasteiger partial charge in [-0.05, 0) is 12.3 Å². The highest BCUT2D eigenvalue weighted by Crippen LogP contribution is 2.20. The third-order valence-electron chi connectivity index (χ3n) is 2.50. The van der Waals surface area contributed by atoms with Crippen LogP contribution in [0.4, 0.5) is 0 Å². The van der Waals surface area contributed by atoms with Crippen molar-refractivity contribution < 1.29 is 9.53 Å². The first-order chi connectivity index (χ1) is 8.10. The van der Waals surface area contributed by atoms with E-state index in [0.29, 0.717) is 12.5 Å². The molecule has 0 bridgehead atoms. The van der Waals surface area contributed by atoms with E-state index in [0.717, 1.165) is 6.42 Å². The van der Waals surface area contributed by atoms with Crippen LogP contribution in [0, 0.1) is 11.8 Å². The van der Waals surface area contributed by atoms with Gasteiger partial charge in [-0.1, -0.05) is 13.8 Å². The normalized spacial score (nSPS) is 12.5. The summed E-state index contributed by atoms with van der Waals surface area (Å²) in [6.07, 6.45) is 3.73. The second-order valence-corrected chi connectivity index (χ2v) is 4.34. The van der Waals surface area contributed by atoms with E-state index in [1.807, 2.05) is 0 Å². The van der Waals surface area contributed by atoms with E-state index in [4.69, 9.17) is 10.5 Å². The molecule has 94 valence electrons. The van der Waals surface area contributed by atoms with Gasteiger partial charge in [-0.2, -0.15) is 0 Å². The zero-order chi connectivity index (χ0) is 12.8. The molecule has 0 amide bonds. The van der Waals surface area contributed by atoms with Gasteiger partial charge in [0.1, 0.15) is 0 Å². The molecule has 1 aromatic heterocycles. The van der Waals surface area contributed by atoms with Gasteiger partial charge in [0, 0.05) is 24.9 Å². The zero-order valence-electron chi connectivity index (χ0n) is 10.5. The van der Waals surface area contributed by atoms with Crippen molar-refractivity contribution in [2.24, 2.45) is 17.6 Å². The minimum Gasteiger partial charge on any atom is -0.479 e. The van der Waals surface area contributed by atoms with Crippen LogP contribution in [0.2, 0.25) is 0 Å². The number of methoxy groups -OCH3 is 1. The lowest BCUT2D eigenvalue weighted by Gasteiger charge is -2.16. The third-order valence-corrected chi connectivity index (χ3v) is 2.50. The van der Waals surface area contributed by atoms with E-state index in [1.165, 1.54) is 19.5 Å². The third kappa shape index (κ3) is 3.49. The molecule has 17 heavy (non-hydrogen) atoms. The van der Waals surface area contributed by atoms with Crippen LogP contribution in [-0.4, -0.2) is 29.4 Å². The van der Waals surface area contributed by atoms with Crippen LogP contribution in [-0.2, 0) is 0 Å². The highest BCUT2D eigenvalue weighted by Gasteiger charge is 2.24. The van der Waals surface area contributed by atoms with Crippen LogP contribution < -0.4 is 10.5 Å². The lowest BCUT2D eigenvalue weighted by Crippen LogP contribution is -2.26. The van der Waals surface area contributed by atoms with Crippen LogP contribution in [0.3, 0.4) is 0 Å². The minimum absolute atomic E-state index is 0.0915. The Morgan fingerprint density at radius 3 is 2.59 bits per heavy atom. The van der Waals surface area contributed by atoms with Crippen LogP contribution >= 0.6 is 0 Å². The highest BCUT2D eigenvalue weighted by atomic mass is 16.5. The summed E-state index contributed by atoms with van der Waals surface area (Å²) in [5.74, 6) is 0.363. The number of nitrogens with two attached hydrogens (primary N) is 1. The average Bonchev–Trinajstić information content (AvgIpc) is 2.34. The van der Waals surface area contributed by atoms with E-state index in [-0.39, 0.29) is 23.3 Å². The number of Topliss-reactive ketones (excluding diaryl/α,β-unsaturated/α-hetero) is 1. The van der Waals surface area contributed by atoms with Crippen molar-refractivity contribution in [3.05, 3.63) is 18.1 Å². The van der Waals surface area contributed by atoms with Crippen LogP contribution in [0.25, 0.3) is 0 Å². The van der Waals surface area contributed by atoms with Crippen LogP contribution in [0.15, 0.2) is 12.4 Å². The van der Waals surface area contributed by atoms with Crippen LogP contribution in [0.5, 0.6) is 5.88 Å². The Morgan fingerprint density at radius 1 is 1.41 bits per heavy atom. The van der Waals surface area contributed by atoms with Crippen molar-refractivity contribution in [3.63, 3.8) is 0 Å². The summed E-state index contributed by atoms with van der Waals surface area (Å²) in [6.45, 7) is 4.43. The van der Waals surface area contributed by atoms with Crippen molar-refractivity contribution in [2.45, 2.75) is 20.3 Å². The zero-order valence-corrected chi connectivity index (χ0v) is 10.5. The maximum Gasteiger partial charge on any atom is 0.243 e. The molecule has 0 spiro atoms. The first kappa shape index (κ1) is 13.6. The number of aromatic nitrogens is 2. The molecule has 1 heterocycles. The first-order valence-electron chi connectivity index (χ1n) is 5.69. The van der Waals surface area contributed by atoms with Gasteiger partial charge < -0.3 is 10.5 Å². The summed E-state index contributed by atoms with van der Waals surface area (Å²) < 4.78 is 5.03. The Bertz CT molecular complexity index is 380. The fraction of sp³-hybridized carbons (Fsp3) is 0.583. The van der Waals surface area contributed by atoms with Crippen molar-refractivity contribution in [1.29, 1.82) is 0 Å². The number of hydrogen-bond donors (Lipinski definition) is 1. The molecule has 0 saturated heterocycles. The quantitative estimate of drug-likeness (QED) is 0.754. The molecule has 2 N–H and O–H groups in total. The lowest BCUT2D eigenvalue weighted by atomic mass is 9.92. The first-order valence-corrected chi connectivity index (χ1v) is 5.69. The van der Waals surface area contributed by atoms with E-state index < -0.39 is 0 Å². The largest absolute Gasteiger partial charge is 0.479 e. The standard InChI is InChI=1S/C12H19N3O2/c1-8(2)6-9(7-13)11(16)10-12(17-3)15-5-4-14-10/h4-5,8-9H,6-7,13H2,1-3H3. The Labute approximate surface area is 101 Å². The summed E-state index contributed by atoms with van der Waals surface area (Å²) in [4.78, 5) is 20.2. The van der Waals surface area contributed by atoms with Crippen LogP contribution in [0.1, 0.15) is 30.8 Å². The smallest absolute Gasteiger partial charge is 0.243 e. The Hall–Kier alpha value is -1.49. The molecule has 0 aromatic carbocycles. The maximum atomic E-state index is 12.2. The molecular weight excluding hydrogens is 218 g/mol. The van der Waals surface area contributed by atoms with Gasteiger partial charge in [0.05, 0.1) is 7.11 Å². The van der Waals surface area contributed by atoms with Crippen molar-refractivity contribution in [2.75, 3.05) is 13.7 Å². The number of ether oxygens (including phenoxy) is 1. The summed E-state index contributed by atoms with van der Waals surface area (Å²) in [7, 11) is 1.47. The molecule has 0 aliphatic rings. The number of ketones is 1. The van der Waals surface area contributed by atoms with E-state index in [1.54, 1.807) is 0 Å². The number of hydrogen-bond acceptors (Lipinski definition) is 5. The second kappa shape index (κ2) is 6.30. The molecule has 1 unspecified atom stereocenters. The molecule has 0 fully saturated rings. The summed E-state index contributed by atoms with van der Waals surface area (Å²) >= 11 is 0. The monoisotopic (exact) mass is 237 g/mol. The second-order valence-electron chi connectivity index (χ2n) is 4.34. The Morgan fingerprint density at radius 2 is 2.06 bits per heavy atom. The van der Waals surface area contributed by atoms with E-state index >= 15 is 0 Å². The van der Waals surface area contributed by atoms with Gasteiger partial charge in [0.15, 0.2) is 11.5 Å². The molecule has 5 nitrogen and oxygen atoms in total. The van der Waals surface area contributed by atoms with Gasteiger partial charge in [0.2, 0.25) is 5.88 Å². The Kier molecular flexibility index (Phi) is 5.03. The molecule has 0 aliphatic carbocycles.